The van der Waals surface area contributed by atoms with Crippen LogP contribution in [0.5, 0.6) is 17.2 Å². The molecule has 0 spiro atoms. The topological polar surface area (TPSA) is 77.9 Å². The molecule has 0 saturated heterocycles. The second-order valence-electron chi connectivity index (χ2n) is 7.28. The van der Waals surface area contributed by atoms with Crippen molar-refractivity contribution < 1.29 is 24.1 Å². The number of carbonyl (C=O) groups is 1. The van der Waals surface area contributed by atoms with Gasteiger partial charge in [0.25, 0.3) is 0 Å². The van der Waals surface area contributed by atoms with Crippen molar-refractivity contribution in [2.75, 3.05) is 6.61 Å². The number of fused-ring (bicyclic) bond motifs is 1. The summed E-state index contributed by atoms with van der Waals surface area (Å²) in [5.41, 5.74) is 2.59. The number of rotatable bonds is 9. The van der Waals surface area contributed by atoms with Gasteiger partial charge in [0.2, 0.25) is 6.10 Å². The number of aliphatic carboxylic acids is 1. The van der Waals surface area contributed by atoms with Crippen LogP contribution in [-0.2, 0) is 11.4 Å². The van der Waals surface area contributed by atoms with Gasteiger partial charge in [0.15, 0.2) is 0 Å². The van der Waals surface area contributed by atoms with Gasteiger partial charge in [0, 0.05) is 11.5 Å². The average Bonchev–Trinajstić information content (AvgIpc) is 2.81. The lowest BCUT2D eigenvalue weighted by atomic mass is 10.2. The fourth-order valence-electron chi connectivity index (χ4n) is 3.17. The lowest BCUT2D eigenvalue weighted by molar-refractivity contribution is -0.146. The molecule has 0 aliphatic heterocycles. The van der Waals surface area contributed by atoms with Crippen LogP contribution in [0.4, 0.5) is 0 Å². The molecule has 1 atom stereocenters. The molecule has 0 saturated carbocycles. The summed E-state index contributed by atoms with van der Waals surface area (Å²) >= 11 is 0. The molecule has 32 heavy (non-hydrogen) atoms. The monoisotopic (exact) mass is 429 g/mol. The number of carboxylic acid groups (broad SMARTS) is 1. The van der Waals surface area contributed by atoms with Gasteiger partial charge in [-0.25, -0.2) is 9.78 Å². The van der Waals surface area contributed by atoms with Crippen molar-refractivity contribution in [3.05, 3.63) is 96.2 Å². The van der Waals surface area contributed by atoms with Crippen molar-refractivity contribution in [2.24, 2.45) is 0 Å². The van der Waals surface area contributed by atoms with Crippen molar-refractivity contribution in [3.63, 3.8) is 0 Å². The summed E-state index contributed by atoms with van der Waals surface area (Å²) in [4.78, 5) is 16.2. The highest BCUT2D eigenvalue weighted by molar-refractivity contribution is 5.78. The molecule has 1 aromatic heterocycles. The number of ether oxygens (including phenoxy) is 3. The second-order valence-corrected chi connectivity index (χ2v) is 7.28. The minimum Gasteiger partial charge on any atom is -0.489 e. The largest absolute Gasteiger partial charge is 0.489 e. The van der Waals surface area contributed by atoms with E-state index in [-0.39, 0.29) is 6.61 Å². The molecule has 1 heterocycles. The third kappa shape index (κ3) is 5.35. The summed E-state index contributed by atoms with van der Waals surface area (Å²) < 4.78 is 17.2. The van der Waals surface area contributed by atoms with Crippen molar-refractivity contribution in [2.45, 2.75) is 19.6 Å². The van der Waals surface area contributed by atoms with E-state index in [1.165, 1.54) is 0 Å². The van der Waals surface area contributed by atoms with E-state index in [1.54, 1.807) is 30.3 Å². The first-order valence-corrected chi connectivity index (χ1v) is 10.2. The Kier molecular flexibility index (Phi) is 6.51. The number of nitrogens with zero attached hydrogens (tertiary/aromatic N) is 1. The highest BCUT2D eigenvalue weighted by Crippen LogP contribution is 2.22. The Hall–Kier alpha value is -4.06. The van der Waals surface area contributed by atoms with Gasteiger partial charge < -0.3 is 19.3 Å². The van der Waals surface area contributed by atoms with E-state index in [1.807, 2.05) is 61.5 Å². The summed E-state index contributed by atoms with van der Waals surface area (Å²) in [5, 5.41) is 10.6. The number of hydrogen-bond acceptors (Lipinski definition) is 5. The van der Waals surface area contributed by atoms with E-state index in [4.69, 9.17) is 14.2 Å². The maximum atomic E-state index is 11.6. The molecule has 0 amide bonds. The quantitative estimate of drug-likeness (QED) is 0.402. The van der Waals surface area contributed by atoms with E-state index in [0.29, 0.717) is 23.9 Å². The first-order valence-electron chi connectivity index (χ1n) is 10.2. The maximum absolute atomic E-state index is 11.6. The van der Waals surface area contributed by atoms with Crippen LogP contribution in [0, 0.1) is 6.92 Å². The third-order valence-electron chi connectivity index (χ3n) is 4.89. The Balaban J connectivity index is 1.37. The standard InChI is InChI=1S/C26H23NO5/c1-18-7-2-5-12-24(18)32-25(26(28)29)17-31-22-10-6-9-21(15-22)30-16-20-14-13-19-8-3-4-11-23(19)27-20/h2-15,25H,16-17H2,1H3,(H,28,29). The molecule has 3 aromatic carbocycles. The molecule has 0 aliphatic carbocycles. The molecule has 0 bridgehead atoms. The molecule has 1 unspecified atom stereocenters. The average molecular weight is 429 g/mol. The minimum absolute atomic E-state index is 0.140. The summed E-state index contributed by atoms with van der Waals surface area (Å²) in [7, 11) is 0. The molecular weight excluding hydrogens is 406 g/mol. The van der Waals surface area contributed by atoms with Crippen molar-refractivity contribution in [1.82, 2.24) is 4.98 Å². The van der Waals surface area contributed by atoms with Gasteiger partial charge in [0.1, 0.15) is 30.5 Å². The number of pyridine rings is 1. The van der Waals surface area contributed by atoms with Crippen molar-refractivity contribution >= 4 is 16.9 Å². The van der Waals surface area contributed by atoms with Crippen LogP contribution in [0.25, 0.3) is 10.9 Å². The SMILES string of the molecule is Cc1ccccc1OC(COc1cccc(OCc2ccc3ccccc3n2)c1)C(=O)O. The number of aryl methyl sites for hydroxylation is 1. The van der Waals surface area contributed by atoms with Gasteiger partial charge in [-0.05, 0) is 42.8 Å². The molecule has 0 radical (unpaired) electrons. The number of hydrogen-bond donors (Lipinski definition) is 1. The van der Waals surface area contributed by atoms with Gasteiger partial charge in [-0.15, -0.1) is 0 Å². The van der Waals surface area contributed by atoms with Gasteiger partial charge in [0.05, 0.1) is 11.2 Å². The van der Waals surface area contributed by atoms with Crippen LogP contribution in [0.2, 0.25) is 0 Å². The van der Waals surface area contributed by atoms with Crippen LogP contribution >= 0.6 is 0 Å². The Morgan fingerprint density at radius 1 is 0.906 bits per heavy atom. The number of benzene rings is 3. The van der Waals surface area contributed by atoms with Crippen LogP contribution in [0.15, 0.2) is 84.9 Å². The minimum atomic E-state index is -1.14. The molecule has 4 rings (SSSR count). The molecule has 6 nitrogen and oxygen atoms in total. The van der Waals surface area contributed by atoms with Crippen LogP contribution in [0.3, 0.4) is 0 Å². The number of carboxylic acids is 1. The van der Waals surface area contributed by atoms with Gasteiger partial charge in [-0.1, -0.05) is 48.5 Å². The smallest absolute Gasteiger partial charge is 0.348 e. The zero-order valence-electron chi connectivity index (χ0n) is 17.6. The predicted octanol–water partition coefficient (Wildman–Crippen LogP) is 5.03. The van der Waals surface area contributed by atoms with Crippen LogP contribution in [-0.4, -0.2) is 28.8 Å². The van der Waals surface area contributed by atoms with Gasteiger partial charge >= 0.3 is 5.97 Å². The van der Waals surface area contributed by atoms with Crippen LogP contribution in [0.1, 0.15) is 11.3 Å². The lowest BCUT2D eigenvalue weighted by Crippen LogP contribution is -2.33. The zero-order chi connectivity index (χ0) is 22.3. The fourth-order valence-corrected chi connectivity index (χ4v) is 3.17. The van der Waals surface area contributed by atoms with E-state index in [2.05, 4.69) is 4.98 Å². The van der Waals surface area contributed by atoms with E-state index < -0.39 is 12.1 Å². The first-order chi connectivity index (χ1) is 15.6. The number of aromatic nitrogens is 1. The van der Waals surface area contributed by atoms with Crippen LogP contribution < -0.4 is 14.2 Å². The Bertz CT molecular complexity index is 1220. The summed E-state index contributed by atoms with van der Waals surface area (Å²) in [6, 6.07) is 26.2. The zero-order valence-corrected chi connectivity index (χ0v) is 17.6. The molecular formula is C26H23NO5. The van der Waals surface area contributed by atoms with E-state index in [9.17, 15) is 9.90 Å². The van der Waals surface area contributed by atoms with Gasteiger partial charge in [-0.3, -0.25) is 0 Å². The summed E-state index contributed by atoms with van der Waals surface area (Å²) in [6.07, 6.45) is -1.14. The normalized spacial score (nSPS) is 11.7. The Morgan fingerprint density at radius 3 is 2.47 bits per heavy atom. The maximum Gasteiger partial charge on any atom is 0.348 e. The molecule has 162 valence electrons. The molecule has 0 aliphatic rings. The Morgan fingerprint density at radius 2 is 1.66 bits per heavy atom. The van der Waals surface area contributed by atoms with E-state index >= 15 is 0 Å². The summed E-state index contributed by atoms with van der Waals surface area (Å²) in [5.74, 6) is 0.518. The highest BCUT2D eigenvalue weighted by atomic mass is 16.6. The molecule has 1 N–H and O–H groups in total. The van der Waals surface area contributed by atoms with Crippen molar-refractivity contribution in [3.8, 4) is 17.2 Å². The summed E-state index contributed by atoms with van der Waals surface area (Å²) in [6.45, 7) is 2.03. The Labute approximate surface area is 186 Å². The van der Waals surface area contributed by atoms with E-state index in [0.717, 1.165) is 22.2 Å². The highest BCUT2D eigenvalue weighted by Gasteiger charge is 2.21. The number of para-hydroxylation sites is 2. The van der Waals surface area contributed by atoms with Crippen molar-refractivity contribution in [1.29, 1.82) is 0 Å². The van der Waals surface area contributed by atoms with Gasteiger partial charge in [-0.2, -0.15) is 0 Å². The first kappa shape index (κ1) is 21.2. The lowest BCUT2D eigenvalue weighted by Gasteiger charge is -2.17. The third-order valence-corrected chi connectivity index (χ3v) is 4.89. The predicted molar refractivity (Wildman–Crippen MR) is 121 cm³/mol. The fraction of sp³-hybridized carbons (Fsp3) is 0.154. The molecule has 6 heteroatoms. The molecule has 4 aromatic rings. The molecule has 0 fully saturated rings. The second kappa shape index (κ2) is 9.83.